The van der Waals surface area contributed by atoms with Crippen LogP contribution in [0.15, 0.2) is 23.4 Å². The summed E-state index contributed by atoms with van der Waals surface area (Å²) in [6, 6.07) is 1.65. The number of ether oxygens (including phenoxy) is 2. The maximum absolute atomic E-state index is 12.2. The van der Waals surface area contributed by atoms with Crippen LogP contribution in [0.2, 0.25) is 0 Å². The predicted octanol–water partition coefficient (Wildman–Crippen LogP) is 0.845. The molecule has 0 aliphatic carbocycles. The largest absolute Gasteiger partial charge is 0.384 e. The lowest BCUT2D eigenvalue weighted by Gasteiger charge is -2.12. The van der Waals surface area contributed by atoms with Gasteiger partial charge in [0.25, 0.3) is 0 Å². The number of aromatic nitrogens is 1. The molecule has 0 aliphatic heterocycles. The molecule has 1 aromatic rings. The Morgan fingerprint density at radius 1 is 1.24 bits per heavy atom. The number of methoxy groups -OCH3 is 1. The lowest BCUT2D eigenvalue weighted by Crippen LogP contribution is -2.28. The fraction of sp³-hybridized carbons (Fsp3) is 0.615. The van der Waals surface area contributed by atoms with Gasteiger partial charge in [-0.25, -0.2) is 13.1 Å². The maximum atomic E-state index is 12.2. The topological polar surface area (TPSA) is 89.6 Å². The Bertz CT molecular complexity index is 508. The summed E-state index contributed by atoms with van der Waals surface area (Å²) in [5.41, 5.74) is 0.555. The predicted molar refractivity (Wildman–Crippen MR) is 80.9 cm³/mol. The van der Waals surface area contributed by atoms with Crippen molar-refractivity contribution in [1.82, 2.24) is 9.71 Å². The molecule has 0 atom stereocenters. The van der Waals surface area contributed by atoms with Crippen LogP contribution in [0.4, 0.5) is 5.69 Å². The van der Waals surface area contributed by atoms with Crippen LogP contribution in [0.25, 0.3) is 0 Å². The normalized spacial score (nSPS) is 11.5. The average Bonchev–Trinajstić information content (AvgIpc) is 2.49. The summed E-state index contributed by atoms with van der Waals surface area (Å²) in [5, 5.41) is 3.08. The van der Waals surface area contributed by atoms with Crippen molar-refractivity contribution in [2.24, 2.45) is 0 Å². The summed E-state index contributed by atoms with van der Waals surface area (Å²) in [7, 11) is -2.02. The zero-order valence-corrected chi connectivity index (χ0v) is 13.3. The second-order valence-electron chi connectivity index (χ2n) is 4.30. The Morgan fingerprint density at radius 3 is 2.76 bits per heavy atom. The van der Waals surface area contributed by atoms with E-state index in [2.05, 4.69) is 15.0 Å². The summed E-state index contributed by atoms with van der Waals surface area (Å²) >= 11 is 0. The minimum Gasteiger partial charge on any atom is -0.384 e. The van der Waals surface area contributed by atoms with E-state index in [9.17, 15) is 8.42 Å². The van der Waals surface area contributed by atoms with Crippen LogP contribution in [0.3, 0.4) is 0 Å². The third kappa shape index (κ3) is 6.38. The molecule has 0 fully saturated rings. The molecular formula is C13H23N3O4S. The lowest BCUT2D eigenvalue weighted by atomic mass is 10.4. The van der Waals surface area contributed by atoms with Gasteiger partial charge in [0, 0.05) is 32.6 Å². The van der Waals surface area contributed by atoms with Crippen LogP contribution < -0.4 is 10.0 Å². The Hall–Kier alpha value is -1.22. The molecule has 0 saturated heterocycles. The van der Waals surface area contributed by atoms with Crippen molar-refractivity contribution in [3.63, 3.8) is 0 Å². The van der Waals surface area contributed by atoms with Gasteiger partial charge in [0.1, 0.15) is 4.90 Å². The quantitative estimate of drug-likeness (QED) is 0.588. The number of anilines is 1. The molecule has 2 N–H and O–H groups in total. The number of nitrogens with zero attached hydrogens (tertiary/aromatic N) is 1. The SMILES string of the molecule is CCCNc1ccncc1S(=O)(=O)NCCOCCOC. The summed E-state index contributed by atoms with van der Waals surface area (Å²) < 4.78 is 37.0. The Kier molecular flexibility index (Phi) is 8.21. The van der Waals surface area contributed by atoms with Gasteiger partial charge in [-0.1, -0.05) is 6.92 Å². The van der Waals surface area contributed by atoms with Crippen molar-refractivity contribution in [2.75, 3.05) is 45.3 Å². The van der Waals surface area contributed by atoms with Crippen LogP contribution in [0, 0.1) is 0 Å². The molecule has 0 aliphatic rings. The van der Waals surface area contributed by atoms with Gasteiger partial charge in [-0.05, 0) is 12.5 Å². The standard InChI is InChI=1S/C13H23N3O4S/c1-3-5-15-12-4-6-14-11-13(12)21(17,18)16-7-8-20-10-9-19-2/h4,6,11,16H,3,5,7-10H2,1-2H3,(H,14,15). The fourth-order valence-electron chi connectivity index (χ4n) is 1.57. The number of rotatable bonds is 11. The van der Waals surface area contributed by atoms with E-state index in [-0.39, 0.29) is 11.4 Å². The van der Waals surface area contributed by atoms with E-state index in [1.54, 1.807) is 19.4 Å². The molecule has 0 amide bonds. The third-order valence-corrected chi connectivity index (χ3v) is 4.10. The minimum atomic E-state index is -3.60. The van der Waals surface area contributed by atoms with E-state index >= 15 is 0 Å². The number of nitrogens with one attached hydrogen (secondary N) is 2. The summed E-state index contributed by atoms with van der Waals surface area (Å²) in [6.45, 7) is 4.13. The Labute approximate surface area is 126 Å². The van der Waals surface area contributed by atoms with E-state index in [1.165, 1.54) is 6.20 Å². The Balaban J connectivity index is 2.57. The molecule has 8 heteroatoms. The molecule has 1 aromatic heterocycles. The monoisotopic (exact) mass is 317 g/mol. The molecule has 21 heavy (non-hydrogen) atoms. The van der Waals surface area contributed by atoms with Crippen molar-refractivity contribution < 1.29 is 17.9 Å². The molecule has 1 rings (SSSR count). The minimum absolute atomic E-state index is 0.148. The zero-order valence-electron chi connectivity index (χ0n) is 12.5. The van der Waals surface area contributed by atoms with Crippen molar-refractivity contribution in [1.29, 1.82) is 0 Å². The van der Waals surface area contributed by atoms with Crippen LogP contribution in [-0.4, -0.2) is 53.4 Å². The van der Waals surface area contributed by atoms with E-state index in [0.717, 1.165) is 6.42 Å². The van der Waals surface area contributed by atoms with Gasteiger partial charge in [0.15, 0.2) is 0 Å². The van der Waals surface area contributed by atoms with Gasteiger partial charge in [0.05, 0.1) is 25.5 Å². The smallest absolute Gasteiger partial charge is 0.244 e. The molecule has 120 valence electrons. The van der Waals surface area contributed by atoms with Crippen LogP contribution in [0.1, 0.15) is 13.3 Å². The second kappa shape index (κ2) is 9.67. The van der Waals surface area contributed by atoms with Crippen molar-refractivity contribution in [3.8, 4) is 0 Å². The molecular weight excluding hydrogens is 294 g/mol. The number of sulfonamides is 1. The molecule has 0 unspecified atom stereocenters. The van der Waals surface area contributed by atoms with Gasteiger partial charge in [0.2, 0.25) is 10.0 Å². The van der Waals surface area contributed by atoms with Crippen LogP contribution >= 0.6 is 0 Å². The van der Waals surface area contributed by atoms with Crippen molar-refractivity contribution >= 4 is 15.7 Å². The summed E-state index contributed by atoms with van der Waals surface area (Å²) in [5.74, 6) is 0. The highest BCUT2D eigenvalue weighted by Crippen LogP contribution is 2.19. The van der Waals surface area contributed by atoms with E-state index in [0.29, 0.717) is 32.1 Å². The van der Waals surface area contributed by atoms with Gasteiger partial charge in [-0.3, -0.25) is 4.98 Å². The molecule has 0 saturated carbocycles. The highest BCUT2D eigenvalue weighted by Gasteiger charge is 2.18. The fourth-order valence-corrected chi connectivity index (χ4v) is 2.71. The number of pyridine rings is 1. The molecule has 7 nitrogen and oxygen atoms in total. The highest BCUT2D eigenvalue weighted by atomic mass is 32.2. The van der Waals surface area contributed by atoms with Crippen molar-refractivity contribution in [3.05, 3.63) is 18.5 Å². The lowest BCUT2D eigenvalue weighted by molar-refractivity contribution is 0.0736. The Morgan fingerprint density at radius 2 is 2.05 bits per heavy atom. The number of hydrogen-bond donors (Lipinski definition) is 2. The maximum Gasteiger partial charge on any atom is 0.244 e. The molecule has 0 aromatic carbocycles. The van der Waals surface area contributed by atoms with Crippen molar-refractivity contribution in [2.45, 2.75) is 18.2 Å². The summed E-state index contributed by atoms with van der Waals surface area (Å²) in [4.78, 5) is 4.03. The second-order valence-corrected chi connectivity index (χ2v) is 6.04. The van der Waals surface area contributed by atoms with Crippen LogP contribution in [0.5, 0.6) is 0 Å². The first-order chi connectivity index (χ1) is 10.1. The molecule has 0 bridgehead atoms. The molecule has 0 spiro atoms. The van der Waals surface area contributed by atoms with E-state index in [1.807, 2.05) is 6.92 Å². The van der Waals surface area contributed by atoms with E-state index < -0.39 is 10.0 Å². The van der Waals surface area contributed by atoms with Gasteiger partial charge >= 0.3 is 0 Å². The first-order valence-electron chi connectivity index (χ1n) is 6.86. The highest BCUT2D eigenvalue weighted by molar-refractivity contribution is 7.89. The zero-order chi connectivity index (χ0) is 15.6. The van der Waals surface area contributed by atoms with Crippen LogP contribution in [-0.2, 0) is 19.5 Å². The molecule has 0 radical (unpaired) electrons. The third-order valence-electron chi connectivity index (χ3n) is 2.61. The average molecular weight is 317 g/mol. The van der Waals surface area contributed by atoms with Gasteiger partial charge in [-0.15, -0.1) is 0 Å². The molecule has 1 heterocycles. The van der Waals surface area contributed by atoms with E-state index in [4.69, 9.17) is 9.47 Å². The number of hydrogen-bond acceptors (Lipinski definition) is 6. The summed E-state index contributed by atoms with van der Waals surface area (Å²) in [6.07, 6.45) is 3.81. The van der Waals surface area contributed by atoms with Gasteiger partial charge < -0.3 is 14.8 Å². The first kappa shape index (κ1) is 17.8. The van der Waals surface area contributed by atoms with Gasteiger partial charge in [-0.2, -0.15) is 0 Å². The first-order valence-corrected chi connectivity index (χ1v) is 8.34.